The molecule has 2 aromatic heterocycles. The van der Waals surface area contributed by atoms with E-state index in [-0.39, 0.29) is 0 Å². The molecule has 5 heteroatoms. The van der Waals surface area contributed by atoms with Crippen molar-refractivity contribution in [2.75, 3.05) is 24.5 Å². The second-order valence-electron chi connectivity index (χ2n) is 6.78. The summed E-state index contributed by atoms with van der Waals surface area (Å²) in [6.07, 6.45) is 9.59. The van der Waals surface area contributed by atoms with E-state index in [0.29, 0.717) is 12.0 Å². The van der Waals surface area contributed by atoms with Crippen LogP contribution in [-0.4, -0.2) is 34.6 Å². The summed E-state index contributed by atoms with van der Waals surface area (Å²) in [6.45, 7) is 3.22. The minimum Gasteiger partial charge on any atom is -0.348 e. The quantitative estimate of drug-likeness (QED) is 0.941. The molecule has 5 nitrogen and oxygen atoms in total. The molecule has 2 aromatic rings. The van der Waals surface area contributed by atoms with E-state index in [4.69, 9.17) is 0 Å². The molecule has 1 atom stereocenters. The summed E-state index contributed by atoms with van der Waals surface area (Å²) in [4.78, 5) is 16.2. The Morgan fingerprint density at radius 3 is 2.71 bits per heavy atom. The summed E-state index contributed by atoms with van der Waals surface area (Å²) >= 11 is 0. The smallest absolute Gasteiger partial charge is 0.132 e. The zero-order chi connectivity index (χ0) is 16.2. The highest BCUT2D eigenvalue weighted by molar-refractivity contribution is 5.43. The van der Waals surface area contributed by atoms with Crippen molar-refractivity contribution < 1.29 is 0 Å². The van der Waals surface area contributed by atoms with E-state index in [2.05, 4.69) is 43.4 Å². The van der Waals surface area contributed by atoms with Gasteiger partial charge in [0.25, 0.3) is 0 Å². The van der Waals surface area contributed by atoms with Crippen molar-refractivity contribution in [1.29, 1.82) is 0 Å². The minimum absolute atomic E-state index is 0.329. The third kappa shape index (κ3) is 3.26. The van der Waals surface area contributed by atoms with Gasteiger partial charge in [-0.25, -0.2) is 9.97 Å². The molecule has 0 bridgehead atoms. The number of anilines is 1. The third-order valence-electron chi connectivity index (χ3n) is 5.26. The zero-order valence-electron chi connectivity index (χ0n) is 14.1. The second kappa shape index (κ2) is 7.26. The average Bonchev–Trinajstić information content (AvgIpc) is 2.69. The molecule has 0 radical (unpaired) electrons. The van der Waals surface area contributed by atoms with Crippen LogP contribution >= 0.6 is 0 Å². The van der Waals surface area contributed by atoms with Crippen LogP contribution in [0.3, 0.4) is 0 Å². The number of piperidine rings is 2. The van der Waals surface area contributed by atoms with Crippen molar-refractivity contribution in [3.8, 4) is 0 Å². The summed E-state index contributed by atoms with van der Waals surface area (Å²) in [7, 11) is 0. The monoisotopic (exact) mass is 323 g/mol. The van der Waals surface area contributed by atoms with Crippen LogP contribution in [0.4, 0.5) is 5.82 Å². The lowest BCUT2D eigenvalue weighted by Gasteiger charge is -2.36. The van der Waals surface area contributed by atoms with Gasteiger partial charge in [-0.15, -0.1) is 0 Å². The molecule has 0 amide bonds. The van der Waals surface area contributed by atoms with E-state index < -0.39 is 0 Å². The number of rotatable bonds is 3. The lowest BCUT2D eigenvalue weighted by molar-refractivity contribution is 0.448. The van der Waals surface area contributed by atoms with Crippen LogP contribution in [0, 0.1) is 0 Å². The highest BCUT2D eigenvalue weighted by Crippen LogP contribution is 2.34. The van der Waals surface area contributed by atoms with Gasteiger partial charge in [-0.3, -0.25) is 4.98 Å². The van der Waals surface area contributed by atoms with Crippen LogP contribution in [0.15, 0.2) is 36.8 Å². The van der Waals surface area contributed by atoms with Gasteiger partial charge < -0.3 is 10.2 Å². The fraction of sp³-hybridized carbons (Fsp3) is 0.526. The average molecular weight is 323 g/mol. The Balaban J connectivity index is 1.61. The molecule has 2 saturated heterocycles. The Labute approximate surface area is 143 Å². The van der Waals surface area contributed by atoms with Gasteiger partial charge >= 0.3 is 0 Å². The normalized spacial score (nSPS) is 22.5. The summed E-state index contributed by atoms with van der Waals surface area (Å²) in [6, 6.07) is 8.75. The van der Waals surface area contributed by atoms with Crippen LogP contribution in [0.2, 0.25) is 0 Å². The number of hydrogen-bond donors (Lipinski definition) is 1. The van der Waals surface area contributed by atoms with Crippen molar-refractivity contribution in [2.45, 2.75) is 44.1 Å². The predicted molar refractivity (Wildman–Crippen MR) is 95.1 cm³/mol. The van der Waals surface area contributed by atoms with Crippen molar-refractivity contribution >= 4 is 5.82 Å². The Bertz CT molecular complexity index is 654. The van der Waals surface area contributed by atoms with Gasteiger partial charge in [-0.1, -0.05) is 6.07 Å². The van der Waals surface area contributed by atoms with Crippen LogP contribution in [0.5, 0.6) is 0 Å². The molecule has 0 aromatic carbocycles. The van der Waals surface area contributed by atoms with Gasteiger partial charge in [0, 0.05) is 30.4 Å². The Kier molecular flexibility index (Phi) is 4.69. The fourth-order valence-electron chi connectivity index (χ4n) is 3.95. The highest BCUT2D eigenvalue weighted by Gasteiger charge is 2.27. The molecular weight excluding hydrogens is 298 g/mol. The molecule has 126 valence electrons. The lowest BCUT2D eigenvalue weighted by atomic mass is 9.94. The lowest BCUT2D eigenvalue weighted by Crippen LogP contribution is -2.34. The van der Waals surface area contributed by atoms with E-state index >= 15 is 0 Å². The van der Waals surface area contributed by atoms with E-state index in [1.807, 2.05) is 12.3 Å². The van der Waals surface area contributed by atoms with Gasteiger partial charge in [-0.2, -0.15) is 0 Å². The minimum atomic E-state index is 0.329. The molecule has 24 heavy (non-hydrogen) atoms. The molecule has 1 unspecified atom stereocenters. The largest absolute Gasteiger partial charge is 0.348 e. The molecule has 4 rings (SSSR count). The van der Waals surface area contributed by atoms with Crippen molar-refractivity contribution in [2.24, 2.45) is 0 Å². The Morgan fingerprint density at radius 2 is 1.88 bits per heavy atom. The first-order chi connectivity index (χ1) is 11.9. The molecule has 1 N–H and O–H groups in total. The SMILES string of the molecule is c1ccc(C2CCCCN2c2cc(C3CCNCC3)ncn2)nc1. The standard InChI is InChI=1S/C19H25N5/c1-3-9-21-16(5-1)18-6-2-4-12-24(18)19-13-17(22-14-23-19)15-7-10-20-11-8-15/h1,3,5,9,13-15,18,20H,2,4,6-8,10-12H2. The van der Waals surface area contributed by atoms with Crippen molar-refractivity contribution in [1.82, 2.24) is 20.3 Å². The van der Waals surface area contributed by atoms with Gasteiger partial charge in [0.15, 0.2) is 0 Å². The second-order valence-corrected chi connectivity index (χ2v) is 6.78. The van der Waals surface area contributed by atoms with E-state index in [1.165, 1.54) is 31.4 Å². The van der Waals surface area contributed by atoms with Crippen molar-refractivity contribution in [3.63, 3.8) is 0 Å². The third-order valence-corrected chi connectivity index (χ3v) is 5.26. The van der Waals surface area contributed by atoms with E-state index in [0.717, 1.165) is 37.6 Å². The summed E-state index contributed by atoms with van der Waals surface area (Å²) in [5.74, 6) is 1.62. The van der Waals surface area contributed by atoms with Crippen LogP contribution in [0.25, 0.3) is 0 Å². The molecule has 4 heterocycles. The van der Waals surface area contributed by atoms with Crippen molar-refractivity contribution in [3.05, 3.63) is 48.2 Å². The number of nitrogens with zero attached hydrogens (tertiary/aromatic N) is 4. The topological polar surface area (TPSA) is 53.9 Å². The maximum Gasteiger partial charge on any atom is 0.132 e. The van der Waals surface area contributed by atoms with Crippen LogP contribution in [-0.2, 0) is 0 Å². The molecule has 2 aliphatic heterocycles. The van der Waals surface area contributed by atoms with Crippen LogP contribution < -0.4 is 10.2 Å². The molecule has 0 saturated carbocycles. The van der Waals surface area contributed by atoms with E-state index in [1.54, 1.807) is 6.33 Å². The van der Waals surface area contributed by atoms with Gasteiger partial charge in [0.2, 0.25) is 0 Å². The zero-order valence-corrected chi connectivity index (χ0v) is 14.1. The highest BCUT2D eigenvalue weighted by atomic mass is 15.2. The first-order valence-corrected chi connectivity index (χ1v) is 9.12. The number of pyridine rings is 1. The Morgan fingerprint density at radius 1 is 0.958 bits per heavy atom. The molecule has 0 aliphatic carbocycles. The summed E-state index contributed by atoms with van der Waals surface area (Å²) in [5.41, 5.74) is 2.35. The fourth-order valence-corrected chi connectivity index (χ4v) is 3.95. The van der Waals surface area contributed by atoms with Gasteiger partial charge in [-0.05, 0) is 57.3 Å². The number of hydrogen-bond acceptors (Lipinski definition) is 5. The summed E-state index contributed by atoms with van der Waals surface area (Å²) < 4.78 is 0. The summed E-state index contributed by atoms with van der Waals surface area (Å²) in [5, 5.41) is 3.43. The van der Waals surface area contributed by atoms with Gasteiger partial charge in [0.1, 0.15) is 12.1 Å². The number of aromatic nitrogens is 3. The first-order valence-electron chi connectivity index (χ1n) is 9.12. The molecule has 2 aliphatic rings. The molecular formula is C19H25N5. The first kappa shape index (κ1) is 15.5. The van der Waals surface area contributed by atoms with Gasteiger partial charge in [0.05, 0.1) is 11.7 Å². The predicted octanol–water partition coefficient (Wildman–Crippen LogP) is 3.07. The van der Waals surface area contributed by atoms with Crippen LogP contribution in [0.1, 0.15) is 55.5 Å². The molecule has 0 spiro atoms. The maximum atomic E-state index is 4.61. The number of nitrogens with one attached hydrogen (secondary N) is 1. The molecule has 2 fully saturated rings. The maximum absolute atomic E-state index is 4.61. The van der Waals surface area contributed by atoms with E-state index in [9.17, 15) is 0 Å². The Hall–Kier alpha value is -2.01.